The molecule has 4 heteroatoms. The Morgan fingerprint density at radius 3 is 2.67 bits per heavy atom. The van der Waals surface area contributed by atoms with E-state index >= 15 is 0 Å². The van der Waals surface area contributed by atoms with Crippen LogP contribution >= 0.6 is 15.9 Å². The smallest absolute Gasteiger partial charge is 0.235 e. The van der Waals surface area contributed by atoms with Crippen molar-refractivity contribution in [3.8, 4) is 5.75 Å². The first-order valence-electron chi connectivity index (χ1n) is 6.29. The number of halogens is 1. The van der Waals surface area contributed by atoms with Gasteiger partial charge in [-0.15, -0.1) is 0 Å². The lowest BCUT2D eigenvalue weighted by atomic mass is 9.72. The Balaban J connectivity index is 1.88. The van der Waals surface area contributed by atoms with Gasteiger partial charge in [-0.05, 0) is 65.7 Å². The predicted octanol–water partition coefficient (Wildman–Crippen LogP) is 3.71. The largest absolute Gasteiger partial charge is 0.489 e. The lowest BCUT2D eigenvalue weighted by molar-refractivity contribution is 0.255. The Labute approximate surface area is 114 Å². The van der Waals surface area contributed by atoms with E-state index < -0.39 is 0 Å². The van der Waals surface area contributed by atoms with E-state index in [1.807, 2.05) is 18.2 Å². The summed E-state index contributed by atoms with van der Waals surface area (Å²) in [6.45, 7) is 0. The maximum atomic E-state index is 10.6. The fraction of sp³-hybridized carbons (Fsp3) is 0.500. The highest BCUT2D eigenvalue weighted by atomic mass is 79.9. The molecule has 3 rings (SSSR count). The average Bonchev–Trinajstić information content (AvgIpc) is 3.10. The second-order valence-electron chi connectivity index (χ2n) is 5.05. The molecule has 0 saturated heterocycles. The molecule has 2 aliphatic carbocycles. The third-order valence-corrected chi connectivity index (χ3v) is 4.35. The molecule has 0 heterocycles. The summed E-state index contributed by atoms with van der Waals surface area (Å²) in [5.41, 5.74) is 0.745. The number of aliphatic imine (C=N–C) groups is 1. The van der Waals surface area contributed by atoms with Crippen LogP contribution in [-0.2, 0) is 10.3 Å². The van der Waals surface area contributed by atoms with Crippen LogP contribution in [0.25, 0.3) is 0 Å². The van der Waals surface area contributed by atoms with Gasteiger partial charge >= 0.3 is 0 Å². The van der Waals surface area contributed by atoms with Crippen LogP contribution in [0.2, 0.25) is 0 Å². The van der Waals surface area contributed by atoms with E-state index in [4.69, 9.17) is 4.74 Å². The van der Waals surface area contributed by atoms with Crippen LogP contribution in [-0.4, -0.2) is 12.2 Å². The van der Waals surface area contributed by atoms with Crippen molar-refractivity contribution in [3.63, 3.8) is 0 Å². The van der Waals surface area contributed by atoms with Crippen molar-refractivity contribution in [1.82, 2.24) is 0 Å². The molecule has 1 aromatic rings. The molecule has 2 fully saturated rings. The molecule has 0 aliphatic heterocycles. The molecule has 0 spiro atoms. The van der Waals surface area contributed by atoms with E-state index in [1.54, 1.807) is 6.08 Å². The first kappa shape index (κ1) is 11.9. The predicted molar refractivity (Wildman–Crippen MR) is 71.4 cm³/mol. The summed E-state index contributed by atoms with van der Waals surface area (Å²) in [5.74, 6) is 0.880. The minimum atomic E-state index is -0.331. The highest BCUT2D eigenvalue weighted by Gasteiger charge is 2.39. The lowest BCUT2D eigenvalue weighted by Crippen LogP contribution is -2.31. The molecule has 0 atom stereocenters. The second-order valence-corrected chi connectivity index (χ2v) is 5.90. The molecule has 2 saturated carbocycles. The van der Waals surface area contributed by atoms with Gasteiger partial charge in [0, 0.05) is 0 Å². The number of carbonyl (C=O) groups excluding carboxylic acids is 1. The standard InChI is InChI=1S/C14H14BrNO2/c15-12-8-10(14(16-9-17)6-1-7-14)2-5-13(12)18-11-3-4-11/h2,5,8,11H,1,3-4,6-7H2. The third kappa shape index (κ3) is 2.11. The molecule has 0 radical (unpaired) electrons. The summed E-state index contributed by atoms with van der Waals surface area (Å²) < 4.78 is 6.72. The summed E-state index contributed by atoms with van der Waals surface area (Å²) in [6.07, 6.45) is 7.36. The van der Waals surface area contributed by atoms with Gasteiger partial charge in [0.05, 0.1) is 16.1 Å². The molecule has 0 amide bonds. The highest BCUT2D eigenvalue weighted by molar-refractivity contribution is 9.10. The van der Waals surface area contributed by atoms with Crippen molar-refractivity contribution >= 4 is 22.0 Å². The molecule has 2 aliphatic rings. The Morgan fingerprint density at radius 2 is 2.17 bits per heavy atom. The number of rotatable bonds is 4. The van der Waals surface area contributed by atoms with Crippen LogP contribution < -0.4 is 4.74 Å². The van der Waals surface area contributed by atoms with E-state index in [1.165, 1.54) is 0 Å². The van der Waals surface area contributed by atoms with Crippen LogP contribution in [0.1, 0.15) is 37.7 Å². The van der Waals surface area contributed by atoms with Gasteiger partial charge in [-0.1, -0.05) is 6.07 Å². The molecule has 0 aromatic heterocycles. The average molecular weight is 308 g/mol. The zero-order chi connectivity index (χ0) is 12.6. The Kier molecular flexibility index (Phi) is 3.00. The summed E-state index contributed by atoms with van der Waals surface area (Å²) in [4.78, 5) is 14.6. The second kappa shape index (κ2) is 4.52. The van der Waals surface area contributed by atoms with Crippen LogP contribution in [0.4, 0.5) is 0 Å². The molecular formula is C14H14BrNO2. The van der Waals surface area contributed by atoms with Gasteiger partial charge in [0.2, 0.25) is 6.08 Å². The van der Waals surface area contributed by atoms with Crippen LogP contribution in [0, 0.1) is 0 Å². The lowest BCUT2D eigenvalue weighted by Gasteiger charge is -2.37. The zero-order valence-corrected chi connectivity index (χ0v) is 11.6. The van der Waals surface area contributed by atoms with E-state index in [-0.39, 0.29) is 5.54 Å². The molecule has 0 bridgehead atoms. The first-order chi connectivity index (χ1) is 8.73. The van der Waals surface area contributed by atoms with Gasteiger partial charge < -0.3 is 4.74 Å². The summed E-state index contributed by atoms with van der Waals surface area (Å²) >= 11 is 3.54. The van der Waals surface area contributed by atoms with Crippen LogP contribution in [0.3, 0.4) is 0 Å². The number of hydrogen-bond acceptors (Lipinski definition) is 3. The molecular weight excluding hydrogens is 294 g/mol. The quantitative estimate of drug-likeness (QED) is 0.628. The summed E-state index contributed by atoms with van der Waals surface area (Å²) in [6, 6.07) is 6.01. The Hall–Kier alpha value is -1.12. The highest BCUT2D eigenvalue weighted by Crippen LogP contribution is 2.46. The Bertz CT molecular complexity index is 515. The van der Waals surface area contributed by atoms with E-state index in [2.05, 4.69) is 20.9 Å². The minimum absolute atomic E-state index is 0.331. The molecule has 0 N–H and O–H groups in total. The van der Waals surface area contributed by atoms with Crippen molar-refractivity contribution in [3.05, 3.63) is 28.2 Å². The van der Waals surface area contributed by atoms with Crippen molar-refractivity contribution in [1.29, 1.82) is 0 Å². The zero-order valence-electron chi connectivity index (χ0n) is 9.99. The first-order valence-corrected chi connectivity index (χ1v) is 7.08. The van der Waals surface area contributed by atoms with Gasteiger partial charge in [-0.25, -0.2) is 4.79 Å². The van der Waals surface area contributed by atoms with Crippen molar-refractivity contribution < 1.29 is 9.53 Å². The van der Waals surface area contributed by atoms with Crippen molar-refractivity contribution in [2.75, 3.05) is 0 Å². The van der Waals surface area contributed by atoms with Gasteiger partial charge in [0.25, 0.3) is 0 Å². The number of nitrogens with zero attached hydrogens (tertiary/aromatic N) is 1. The van der Waals surface area contributed by atoms with Crippen molar-refractivity contribution in [2.45, 2.75) is 43.7 Å². The van der Waals surface area contributed by atoms with Crippen molar-refractivity contribution in [2.24, 2.45) is 4.99 Å². The maximum Gasteiger partial charge on any atom is 0.235 e. The fourth-order valence-electron chi connectivity index (χ4n) is 2.32. The topological polar surface area (TPSA) is 38.7 Å². The van der Waals surface area contributed by atoms with E-state index in [9.17, 15) is 4.79 Å². The number of benzene rings is 1. The molecule has 1 aromatic carbocycles. The number of hydrogen-bond donors (Lipinski definition) is 0. The van der Waals surface area contributed by atoms with E-state index in [0.29, 0.717) is 6.10 Å². The summed E-state index contributed by atoms with van der Waals surface area (Å²) in [7, 11) is 0. The fourth-order valence-corrected chi connectivity index (χ4v) is 2.79. The molecule has 18 heavy (non-hydrogen) atoms. The number of isocyanates is 1. The summed E-state index contributed by atoms with van der Waals surface area (Å²) in [5, 5.41) is 0. The molecule has 94 valence electrons. The normalized spacial score (nSPS) is 20.7. The minimum Gasteiger partial charge on any atom is -0.489 e. The Morgan fingerprint density at radius 1 is 1.39 bits per heavy atom. The van der Waals surface area contributed by atoms with Crippen LogP contribution in [0.15, 0.2) is 27.7 Å². The maximum absolute atomic E-state index is 10.6. The van der Waals surface area contributed by atoms with Crippen LogP contribution in [0.5, 0.6) is 5.75 Å². The molecule has 0 unspecified atom stereocenters. The molecule has 3 nitrogen and oxygen atoms in total. The van der Waals surface area contributed by atoms with Gasteiger partial charge in [0.15, 0.2) is 0 Å². The van der Waals surface area contributed by atoms with E-state index in [0.717, 1.165) is 47.9 Å². The monoisotopic (exact) mass is 307 g/mol. The van der Waals surface area contributed by atoms with Gasteiger partial charge in [0.1, 0.15) is 5.75 Å². The SMILES string of the molecule is O=C=NC1(c2ccc(OC3CC3)c(Br)c2)CCC1. The third-order valence-electron chi connectivity index (χ3n) is 3.73. The van der Waals surface area contributed by atoms with Gasteiger partial charge in [-0.2, -0.15) is 4.99 Å². The van der Waals surface area contributed by atoms with Gasteiger partial charge in [-0.3, -0.25) is 0 Å². The number of ether oxygens (including phenoxy) is 1.